The van der Waals surface area contributed by atoms with Crippen molar-refractivity contribution in [1.82, 2.24) is 9.88 Å². The zero-order chi connectivity index (χ0) is 17.8. The van der Waals surface area contributed by atoms with E-state index in [0.29, 0.717) is 6.73 Å². The van der Waals surface area contributed by atoms with Gasteiger partial charge in [-0.05, 0) is 36.2 Å². The Labute approximate surface area is 159 Å². The molecule has 0 N–H and O–H groups in total. The summed E-state index contributed by atoms with van der Waals surface area (Å²) in [5.41, 5.74) is 3.60. The van der Waals surface area contributed by atoms with Crippen LogP contribution in [-0.2, 0) is 12.3 Å². The Bertz CT molecular complexity index is 882. The first-order valence-corrected chi connectivity index (χ1v) is 10.3. The number of aromatic nitrogens is 1. The van der Waals surface area contributed by atoms with Crippen molar-refractivity contribution in [3.8, 4) is 5.75 Å². The molecule has 134 valence electrons. The summed E-state index contributed by atoms with van der Waals surface area (Å²) in [6, 6.07) is 17.1. The highest BCUT2D eigenvalue weighted by Gasteiger charge is 2.21. The first-order chi connectivity index (χ1) is 12.8. The second kappa shape index (κ2) is 8.11. The summed E-state index contributed by atoms with van der Waals surface area (Å²) in [6.07, 6.45) is 4.28. The third kappa shape index (κ3) is 3.71. The van der Waals surface area contributed by atoms with Crippen LogP contribution in [0.4, 0.5) is 0 Å². The summed E-state index contributed by atoms with van der Waals surface area (Å²) < 4.78 is 6.12. The number of hydrogen-bond donors (Lipinski definition) is 0. The highest BCUT2D eigenvalue weighted by molar-refractivity contribution is 7.98. The molecule has 0 saturated heterocycles. The van der Waals surface area contributed by atoms with Crippen LogP contribution < -0.4 is 4.74 Å². The monoisotopic (exact) mass is 364 g/mol. The lowest BCUT2D eigenvalue weighted by molar-refractivity contribution is 0.0955. The van der Waals surface area contributed by atoms with Crippen molar-refractivity contribution in [3.63, 3.8) is 0 Å². The van der Waals surface area contributed by atoms with Crippen molar-refractivity contribution in [2.45, 2.75) is 37.0 Å². The maximum atomic E-state index is 6.12. The molecule has 2 heterocycles. The highest BCUT2D eigenvalue weighted by Crippen LogP contribution is 2.36. The Morgan fingerprint density at radius 1 is 1.15 bits per heavy atom. The standard InChI is InChI=1S/C22H24N2OS/c1-2-3-12-24-14-17-13-18(15-26-19-8-5-4-6-9-19)20-10-7-11-23-21(20)22(17)25-16-24/h4-11,13H,2-3,12,14-16H2,1H3. The molecule has 0 fully saturated rings. The lowest BCUT2D eigenvalue weighted by Crippen LogP contribution is -2.33. The number of nitrogens with zero attached hydrogens (tertiary/aromatic N) is 2. The number of fused-ring (bicyclic) bond motifs is 3. The minimum atomic E-state index is 0.663. The first kappa shape index (κ1) is 17.4. The van der Waals surface area contributed by atoms with Crippen LogP contribution in [0.2, 0.25) is 0 Å². The summed E-state index contributed by atoms with van der Waals surface area (Å²) in [4.78, 5) is 8.32. The lowest BCUT2D eigenvalue weighted by Gasteiger charge is -2.30. The van der Waals surface area contributed by atoms with Gasteiger partial charge in [0, 0.05) is 40.9 Å². The smallest absolute Gasteiger partial charge is 0.152 e. The van der Waals surface area contributed by atoms with E-state index in [1.807, 2.05) is 24.0 Å². The molecule has 0 radical (unpaired) electrons. The van der Waals surface area contributed by atoms with Crippen LogP contribution in [0.3, 0.4) is 0 Å². The van der Waals surface area contributed by atoms with Crippen LogP contribution in [-0.4, -0.2) is 23.2 Å². The zero-order valence-electron chi connectivity index (χ0n) is 15.1. The molecule has 4 heteroatoms. The number of thioether (sulfide) groups is 1. The Balaban J connectivity index is 1.65. The minimum Gasteiger partial charge on any atom is -0.475 e. The number of rotatable bonds is 6. The molecule has 26 heavy (non-hydrogen) atoms. The summed E-state index contributed by atoms with van der Waals surface area (Å²) in [7, 11) is 0. The van der Waals surface area contributed by atoms with Crippen LogP contribution in [0.25, 0.3) is 10.9 Å². The van der Waals surface area contributed by atoms with E-state index in [4.69, 9.17) is 4.74 Å². The predicted molar refractivity (Wildman–Crippen MR) is 109 cm³/mol. The molecule has 3 nitrogen and oxygen atoms in total. The van der Waals surface area contributed by atoms with Crippen LogP contribution in [0.15, 0.2) is 59.6 Å². The second-order valence-corrected chi connectivity index (χ2v) is 7.75. The Hall–Kier alpha value is -2.04. The molecule has 1 aliphatic rings. The molecule has 0 amide bonds. The first-order valence-electron chi connectivity index (χ1n) is 9.27. The fourth-order valence-electron chi connectivity index (χ4n) is 3.39. The van der Waals surface area contributed by atoms with Crippen LogP contribution in [0.1, 0.15) is 30.9 Å². The molecular weight excluding hydrogens is 340 g/mol. The molecule has 0 saturated carbocycles. The van der Waals surface area contributed by atoms with Gasteiger partial charge in [0.05, 0.1) is 0 Å². The van der Waals surface area contributed by atoms with E-state index in [0.717, 1.165) is 30.1 Å². The molecule has 3 aromatic rings. The van der Waals surface area contributed by atoms with E-state index in [1.54, 1.807) is 0 Å². The number of unbranched alkanes of at least 4 members (excludes halogenated alkanes) is 1. The van der Waals surface area contributed by atoms with E-state index in [-0.39, 0.29) is 0 Å². The van der Waals surface area contributed by atoms with Gasteiger partial charge in [-0.1, -0.05) is 37.6 Å². The molecular formula is C22H24N2OS. The highest BCUT2D eigenvalue weighted by atomic mass is 32.2. The Kier molecular flexibility index (Phi) is 5.42. The maximum Gasteiger partial charge on any atom is 0.152 e. The maximum absolute atomic E-state index is 6.12. The van der Waals surface area contributed by atoms with Gasteiger partial charge in [0.15, 0.2) is 5.75 Å². The fraction of sp³-hybridized carbons (Fsp3) is 0.318. The Morgan fingerprint density at radius 3 is 2.88 bits per heavy atom. The summed E-state index contributed by atoms with van der Waals surface area (Å²) in [6.45, 7) is 4.93. The van der Waals surface area contributed by atoms with Gasteiger partial charge in [0.1, 0.15) is 12.2 Å². The molecule has 0 bridgehead atoms. The molecule has 0 spiro atoms. The van der Waals surface area contributed by atoms with Crippen molar-refractivity contribution >= 4 is 22.7 Å². The number of hydrogen-bond acceptors (Lipinski definition) is 4. The number of pyridine rings is 1. The molecule has 0 unspecified atom stereocenters. The molecule has 0 aliphatic carbocycles. The van der Waals surface area contributed by atoms with Gasteiger partial charge >= 0.3 is 0 Å². The average Bonchev–Trinajstić information content (AvgIpc) is 2.71. The number of benzene rings is 2. The third-order valence-electron chi connectivity index (χ3n) is 4.76. The van der Waals surface area contributed by atoms with Crippen LogP contribution in [0, 0.1) is 0 Å². The topological polar surface area (TPSA) is 25.4 Å². The molecule has 2 aromatic carbocycles. The zero-order valence-corrected chi connectivity index (χ0v) is 16.0. The van der Waals surface area contributed by atoms with Crippen molar-refractivity contribution in [1.29, 1.82) is 0 Å². The molecule has 1 aromatic heterocycles. The van der Waals surface area contributed by atoms with E-state index in [1.165, 1.54) is 34.3 Å². The average molecular weight is 365 g/mol. The van der Waals surface area contributed by atoms with Crippen molar-refractivity contribution < 1.29 is 4.74 Å². The summed E-state index contributed by atoms with van der Waals surface area (Å²) in [5.74, 6) is 1.91. The summed E-state index contributed by atoms with van der Waals surface area (Å²) >= 11 is 1.87. The summed E-state index contributed by atoms with van der Waals surface area (Å²) in [5, 5.41) is 1.21. The fourth-order valence-corrected chi connectivity index (χ4v) is 4.31. The van der Waals surface area contributed by atoms with Gasteiger partial charge in [-0.3, -0.25) is 9.88 Å². The quantitative estimate of drug-likeness (QED) is 0.541. The normalized spacial score (nSPS) is 14.2. The largest absolute Gasteiger partial charge is 0.475 e. The van der Waals surface area contributed by atoms with Gasteiger partial charge in [-0.2, -0.15) is 0 Å². The van der Waals surface area contributed by atoms with Gasteiger partial charge in [-0.25, -0.2) is 0 Å². The van der Waals surface area contributed by atoms with E-state index in [2.05, 4.69) is 59.3 Å². The van der Waals surface area contributed by atoms with Crippen molar-refractivity contribution in [2.24, 2.45) is 0 Å². The van der Waals surface area contributed by atoms with Crippen LogP contribution >= 0.6 is 11.8 Å². The van der Waals surface area contributed by atoms with Gasteiger partial charge in [0.2, 0.25) is 0 Å². The van der Waals surface area contributed by atoms with Crippen LogP contribution in [0.5, 0.6) is 5.75 Å². The minimum absolute atomic E-state index is 0.663. The number of ether oxygens (including phenoxy) is 1. The van der Waals surface area contributed by atoms with Gasteiger partial charge in [-0.15, -0.1) is 11.8 Å². The lowest BCUT2D eigenvalue weighted by atomic mass is 10.0. The predicted octanol–water partition coefficient (Wildman–Crippen LogP) is 5.48. The third-order valence-corrected chi connectivity index (χ3v) is 5.82. The molecule has 4 rings (SSSR count). The van der Waals surface area contributed by atoms with E-state index < -0.39 is 0 Å². The van der Waals surface area contributed by atoms with E-state index in [9.17, 15) is 0 Å². The SMILES string of the molecule is CCCCN1COc2c(cc(CSc3ccccc3)c3cccnc23)C1. The van der Waals surface area contributed by atoms with Gasteiger partial charge < -0.3 is 4.74 Å². The van der Waals surface area contributed by atoms with E-state index >= 15 is 0 Å². The molecule has 0 atom stereocenters. The molecule has 1 aliphatic heterocycles. The van der Waals surface area contributed by atoms with Crippen molar-refractivity contribution in [3.05, 3.63) is 65.9 Å². The Morgan fingerprint density at radius 2 is 2.04 bits per heavy atom. The van der Waals surface area contributed by atoms with Crippen molar-refractivity contribution in [2.75, 3.05) is 13.3 Å². The van der Waals surface area contributed by atoms with Gasteiger partial charge in [0.25, 0.3) is 0 Å². The second-order valence-electron chi connectivity index (χ2n) is 6.70.